The van der Waals surface area contributed by atoms with E-state index in [4.69, 9.17) is 9.47 Å². The minimum Gasteiger partial charge on any atom is -0.481 e. The van der Waals surface area contributed by atoms with Gasteiger partial charge in [0.1, 0.15) is 17.2 Å². The Hall–Kier alpha value is -5.59. The van der Waals surface area contributed by atoms with Crippen molar-refractivity contribution in [2.45, 2.75) is 32.7 Å². The maximum atomic E-state index is 14.3. The molecule has 0 aliphatic rings. The van der Waals surface area contributed by atoms with Gasteiger partial charge < -0.3 is 24.3 Å². The number of esters is 1. The van der Waals surface area contributed by atoms with Crippen LogP contribution in [0.3, 0.4) is 0 Å². The van der Waals surface area contributed by atoms with E-state index in [1.807, 2.05) is 0 Å². The molecule has 0 aliphatic heterocycles. The second-order valence-electron chi connectivity index (χ2n) is 9.88. The van der Waals surface area contributed by atoms with Crippen molar-refractivity contribution in [3.8, 4) is 23.5 Å². The van der Waals surface area contributed by atoms with Crippen LogP contribution >= 0.6 is 0 Å². The Morgan fingerprint density at radius 2 is 1.73 bits per heavy atom. The van der Waals surface area contributed by atoms with Gasteiger partial charge in [-0.05, 0) is 57.2 Å². The largest absolute Gasteiger partial charge is 0.573 e. The van der Waals surface area contributed by atoms with Gasteiger partial charge in [-0.15, -0.1) is 13.2 Å². The van der Waals surface area contributed by atoms with Gasteiger partial charge >= 0.3 is 24.1 Å². The zero-order valence-corrected chi connectivity index (χ0v) is 24.4. The highest BCUT2D eigenvalue weighted by Gasteiger charge is 2.32. The minimum absolute atomic E-state index is 0.0151. The summed E-state index contributed by atoms with van der Waals surface area (Å²) >= 11 is 0. The summed E-state index contributed by atoms with van der Waals surface area (Å²) in [6.45, 7) is 4.22. The average molecular weight is 635 g/mol. The molecule has 3 rings (SSSR count). The molecule has 0 spiro atoms. The highest BCUT2D eigenvalue weighted by atomic mass is 19.4. The first-order valence-corrected chi connectivity index (χ1v) is 12.7. The van der Waals surface area contributed by atoms with Crippen LogP contribution in [0.2, 0.25) is 0 Å². The first kappa shape index (κ1) is 33.9. The molecule has 0 bridgehead atoms. The van der Waals surface area contributed by atoms with E-state index < -0.39 is 58.6 Å². The topological polar surface area (TPSA) is 142 Å². The molecule has 0 saturated heterocycles. The molecule has 1 heterocycles. The summed E-state index contributed by atoms with van der Waals surface area (Å²) in [7, 11) is 2.30. The molecule has 1 amide bonds. The summed E-state index contributed by atoms with van der Waals surface area (Å²) in [5, 5.41) is 14.5. The van der Waals surface area contributed by atoms with Gasteiger partial charge in [-0.1, -0.05) is 11.8 Å². The molecule has 3 aromatic rings. The second kappa shape index (κ2) is 13.8. The number of hydrogen-bond donors (Lipinski definition) is 1. The molecular weight excluding hydrogens is 608 g/mol. The van der Waals surface area contributed by atoms with Gasteiger partial charge in [0.2, 0.25) is 11.7 Å². The first-order chi connectivity index (χ1) is 21.0. The van der Waals surface area contributed by atoms with Crippen molar-refractivity contribution >= 4 is 34.9 Å². The number of carbonyl (C=O) groups excluding carboxylic acids is 2. The highest BCUT2D eigenvalue weighted by Crippen LogP contribution is 2.32. The third-order valence-electron chi connectivity index (χ3n) is 5.45. The number of pyridine rings is 1. The van der Waals surface area contributed by atoms with Gasteiger partial charge in [0, 0.05) is 12.1 Å². The number of aromatic nitrogens is 1. The predicted octanol–water partition coefficient (Wildman–Crippen LogP) is 6.36. The standard InChI is InChI=1S/C29H26F4N4O8/c1-28(2,3)45-27(39)36(25-23(37(40)41)12-13-24(35-25)42-4)14-6-7-17-15-18(30)8-10-21(17)34-22-11-9-19(44-29(31,32)33)16-20(22)26(38)43-5/h8-13,15-16,34H,14H2,1-5H3. The third-order valence-corrected chi connectivity index (χ3v) is 5.45. The van der Waals surface area contributed by atoms with Crippen LogP contribution in [0.15, 0.2) is 48.5 Å². The lowest BCUT2D eigenvalue weighted by atomic mass is 10.1. The number of methoxy groups -OCH3 is 2. The van der Waals surface area contributed by atoms with Crippen LogP contribution in [0.5, 0.6) is 11.6 Å². The summed E-state index contributed by atoms with van der Waals surface area (Å²) in [5.41, 5.74) is -1.84. The summed E-state index contributed by atoms with van der Waals surface area (Å²) in [5.74, 6) is 2.42. The predicted molar refractivity (Wildman–Crippen MR) is 152 cm³/mol. The third kappa shape index (κ3) is 9.45. The zero-order valence-electron chi connectivity index (χ0n) is 24.4. The number of alkyl halides is 3. The number of amides is 1. The van der Waals surface area contributed by atoms with E-state index >= 15 is 0 Å². The maximum Gasteiger partial charge on any atom is 0.573 e. The van der Waals surface area contributed by atoms with Crippen molar-refractivity contribution in [3.05, 3.63) is 75.6 Å². The van der Waals surface area contributed by atoms with Gasteiger partial charge in [-0.2, -0.15) is 4.98 Å². The molecule has 238 valence electrons. The molecule has 0 saturated carbocycles. The van der Waals surface area contributed by atoms with Crippen molar-refractivity contribution in [3.63, 3.8) is 0 Å². The monoisotopic (exact) mass is 634 g/mol. The Kier molecular flexibility index (Phi) is 10.4. The average Bonchev–Trinajstić information content (AvgIpc) is 2.94. The Balaban J connectivity index is 2.04. The summed E-state index contributed by atoms with van der Waals surface area (Å²) in [4.78, 5) is 41.3. The number of rotatable bonds is 8. The summed E-state index contributed by atoms with van der Waals surface area (Å²) in [6, 6.07) is 8.51. The number of halogens is 4. The zero-order chi connectivity index (χ0) is 33.5. The molecule has 0 atom stereocenters. The maximum absolute atomic E-state index is 14.3. The van der Waals surface area contributed by atoms with E-state index in [1.165, 1.54) is 19.2 Å². The molecule has 0 fully saturated rings. The van der Waals surface area contributed by atoms with Gasteiger partial charge in [0.15, 0.2) is 0 Å². The van der Waals surface area contributed by atoms with E-state index in [9.17, 15) is 37.3 Å². The number of nitrogens with zero attached hydrogens (tertiary/aromatic N) is 3. The van der Waals surface area contributed by atoms with E-state index in [0.29, 0.717) is 0 Å². The van der Waals surface area contributed by atoms with Crippen LogP contribution < -0.4 is 19.7 Å². The smallest absolute Gasteiger partial charge is 0.481 e. The van der Waals surface area contributed by atoms with Crippen molar-refractivity contribution < 1.29 is 51.0 Å². The van der Waals surface area contributed by atoms with Crippen molar-refractivity contribution in [1.29, 1.82) is 0 Å². The van der Waals surface area contributed by atoms with Crippen LogP contribution in [-0.4, -0.2) is 54.7 Å². The quantitative estimate of drug-likeness (QED) is 0.0978. The van der Waals surface area contributed by atoms with Gasteiger partial charge in [0.25, 0.3) is 0 Å². The number of carbonyl (C=O) groups is 2. The van der Waals surface area contributed by atoms with Crippen molar-refractivity contribution in [2.75, 3.05) is 31.0 Å². The lowest BCUT2D eigenvalue weighted by molar-refractivity contribution is -0.384. The molecule has 1 aromatic heterocycles. The molecule has 0 radical (unpaired) electrons. The lowest BCUT2D eigenvalue weighted by Gasteiger charge is -2.25. The number of hydrogen-bond acceptors (Lipinski definition) is 10. The van der Waals surface area contributed by atoms with Crippen LogP contribution in [0, 0.1) is 27.8 Å². The second-order valence-corrected chi connectivity index (χ2v) is 9.88. The molecule has 45 heavy (non-hydrogen) atoms. The Bertz CT molecular complexity index is 1660. The van der Waals surface area contributed by atoms with Crippen LogP contribution in [0.4, 0.5) is 45.2 Å². The lowest BCUT2D eigenvalue weighted by Crippen LogP contribution is -2.38. The van der Waals surface area contributed by atoms with E-state index in [-0.39, 0.29) is 28.4 Å². The molecule has 1 N–H and O–H groups in total. The number of benzene rings is 2. The fourth-order valence-electron chi connectivity index (χ4n) is 3.62. The Labute approximate surface area is 254 Å². The van der Waals surface area contributed by atoms with Crippen LogP contribution in [-0.2, 0) is 9.47 Å². The van der Waals surface area contributed by atoms with Crippen molar-refractivity contribution in [1.82, 2.24) is 4.98 Å². The Morgan fingerprint density at radius 1 is 1.04 bits per heavy atom. The fourth-order valence-corrected chi connectivity index (χ4v) is 3.62. The number of nitrogens with one attached hydrogen (secondary N) is 1. The van der Waals surface area contributed by atoms with Crippen LogP contribution in [0.1, 0.15) is 36.7 Å². The number of anilines is 3. The summed E-state index contributed by atoms with van der Waals surface area (Å²) < 4.78 is 71.4. The molecule has 12 nitrogen and oxygen atoms in total. The van der Waals surface area contributed by atoms with Gasteiger partial charge in [0.05, 0.1) is 48.2 Å². The fraction of sp³-hybridized carbons (Fsp3) is 0.276. The van der Waals surface area contributed by atoms with E-state index in [1.54, 1.807) is 20.8 Å². The first-order valence-electron chi connectivity index (χ1n) is 12.7. The molecule has 2 aromatic carbocycles. The highest BCUT2D eigenvalue weighted by molar-refractivity contribution is 5.97. The van der Waals surface area contributed by atoms with E-state index in [2.05, 4.69) is 31.6 Å². The minimum atomic E-state index is -5.02. The van der Waals surface area contributed by atoms with Gasteiger partial charge in [-0.25, -0.2) is 18.9 Å². The molecule has 0 unspecified atom stereocenters. The SMILES string of the molecule is COC(=O)c1cc(OC(F)(F)F)ccc1Nc1ccc(F)cc1C#CCN(C(=O)OC(C)(C)C)c1nc(OC)ccc1[N+](=O)[O-]. The molecule has 0 aliphatic carbocycles. The van der Waals surface area contributed by atoms with Crippen LogP contribution in [0.25, 0.3) is 0 Å². The normalized spacial score (nSPS) is 11.0. The van der Waals surface area contributed by atoms with Crippen molar-refractivity contribution in [2.24, 2.45) is 0 Å². The number of ether oxygens (including phenoxy) is 4. The molecule has 16 heteroatoms. The number of nitro groups is 1. The summed E-state index contributed by atoms with van der Waals surface area (Å²) in [6.07, 6.45) is -6.04. The van der Waals surface area contributed by atoms with Gasteiger partial charge in [-0.3, -0.25) is 10.1 Å². The Morgan fingerprint density at radius 3 is 2.33 bits per heavy atom. The van der Waals surface area contributed by atoms with E-state index in [0.717, 1.165) is 48.4 Å². The molecular formula is C29H26F4N4O8.